The number of rotatable bonds is 6. The van der Waals surface area contributed by atoms with E-state index >= 15 is 0 Å². The highest BCUT2D eigenvalue weighted by Crippen LogP contribution is 1.99. The minimum Gasteiger partial charge on any atom is -0.349 e. The number of nitrogens with one attached hydrogen (secondary N) is 2. The minimum absolute atomic E-state index is 0.0279. The molecule has 76 valence electrons. The standard InChI is InChI=1S/C9H13N3OS/c1-2-3-10-5-9(13)11-4-8-6-14-7-12-8/h2,6-7,10H,1,3-5H2,(H,11,13). The number of carbonyl (C=O) groups excluding carboxylic acids is 1. The molecule has 0 bridgehead atoms. The van der Waals surface area contributed by atoms with Gasteiger partial charge in [0.1, 0.15) is 0 Å². The molecule has 0 saturated carbocycles. The highest BCUT2D eigenvalue weighted by Gasteiger charge is 2.00. The molecule has 0 aliphatic carbocycles. The molecule has 4 nitrogen and oxygen atoms in total. The van der Waals surface area contributed by atoms with Crippen molar-refractivity contribution in [3.8, 4) is 0 Å². The fourth-order valence-electron chi connectivity index (χ4n) is 0.864. The molecule has 1 rings (SSSR count). The highest BCUT2D eigenvalue weighted by molar-refractivity contribution is 7.07. The molecule has 5 heteroatoms. The number of amides is 1. The first kappa shape index (κ1) is 10.9. The molecule has 0 radical (unpaired) electrons. The zero-order chi connectivity index (χ0) is 10.2. The van der Waals surface area contributed by atoms with Gasteiger partial charge in [-0.2, -0.15) is 0 Å². The van der Waals surface area contributed by atoms with E-state index in [1.165, 1.54) is 11.3 Å². The van der Waals surface area contributed by atoms with Gasteiger partial charge in [-0.15, -0.1) is 17.9 Å². The predicted molar refractivity (Wildman–Crippen MR) is 57.0 cm³/mol. The summed E-state index contributed by atoms with van der Waals surface area (Å²) in [6.45, 7) is 5.00. The topological polar surface area (TPSA) is 54.0 Å². The van der Waals surface area contributed by atoms with Gasteiger partial charge >= 0.3 is 0 Å². The van der Waals surface area contributed by atoms with Gasteiger partial charge in [0.25, 0.3) is 0 Å². The number of hydrogen-bond acceptors (Lipinski definition) is 4. The summed E-state index contributed by atoms with van der Waals surface area (Å²) in [4.78, 5) is 15.2. The molecule has 0 aliphatic heterocycles. The Kier molecular flexibility index (Phi) is 4.88. The lowest BCUT2D eigenvalue weighted by Crippen LogP contribution is -2.33. The first-order chi connectivity index (χ1) is 6.83. The summed E-state index contributed by atoms with van der Waals surface area (Å²) in [6.07, 6.45) is 1.72. The van der Waals surface area contributed by atoms with Crippen LogP contribution in [0.3, 0.4) is 0 Å². The minimum atomic E-state index is -0.0279. The van der Waals surface area contributed by atoms with E-state index in [1.54, 1.807) is 11.6 Å². The average molecular weight is 211 g/mol. The summed E-state index contributed by atoms with van der Waals surface area (Å²) in [7, 11) is 0. The van der Waals surface area contributed by atoms with Crippen LogP contribution in [0.1, 0.15) is 5.69 Å². The van der Waals surface area contributed by atoms with Crippen LogP contribution in [0.2, 0.25) is 0 Å². The Bertz CT molecular complexity index is 284. The summed E-state index contributed by atoms with van der Waals surface area (Å²) in [6, 6.07) is 0. The molecule has 0 unspecified atom stereocenters. The lowest BCUT2D eigenvalue weighted by atomic mass is 10.4. The average Bonchev–Trinajstić information content (AvgIpc) is 2.68. The summed E-state index contributed by atoms with van der Waals surface area (Å²) in [5.41, 5.74) is 2.64. The van der Waals surface area contributed by atoms with Crippen LogP contribution in [-0.2, 0) is 11.3 Å². The second kappa shape index (κ2) is 6.28. The quantitative estimate of drug-likeness (QED) is 0.533. The molecule has 0 spiro atoms. The SMILES string of the molecule is C=CCNCC(=O)NCc1cscn1. The molecule has 0 aromatic carbocycles. The van der Waals surface area contributed by atoms with Crippen molar-refractivity contribution in [1.82, 2.24) is 15.6 Å². The Balaban J connectivity index is 2.12. The van der Waals surface area contributed by atoms with Crippen molar-refractivity contribution in [2.75, 3.05) is 13.1 Å². The van der Waals surface area contributed by atoms with E-state index in [2.05, 4.69) is 22.2 Å². The van der Waals surface area contributed by atoms with E-state index in [0.29, 0.717) is 19.6 Å². The smallest absolute Gasteiger partial charge is 0.234 e. The Morgan fingerprint density at radius 2 is 2.57 bits per heavy atom. The summed E-state index contributed by atoms with van der Waals surface area (Å²) in [5.74, 6) is -0.0279. The first-order valence-electron chi connectivity index (χ1n) is 4.28. The van der Waals surface area contributed by atoms with Gasteiger partial charge < -0.3 is 10.6 Å². The number of nitrogens with zero attached hydrogens (tertiary/aromatic N) is 1. The maximum Gasteiger partial charge on any atom is 0.234 e. The van der Waals surface area contributed by atoms with Gasteiger partial charge in [0.2, 0.25) is 5.91 Å². The van der Waals surface area contributed by atoms with E-state index in [4.69, 9.17) is 0 Å². The zero-order valence-electron chi connectivity index (χ0n) is 7.82. The second-order valence-corrected chi connectivity index (χ2v) is 3.39. The van der Waals surface area contributed by atoms with Crippen LogP contribution in [0, 0.1) is 0 Å². The third kappa shape index (κ3) is 4.15. The molecule has 1 aromatic rings. The molecule has 2 N–H and O–H groups in total. The van der Waals surface area contributed by atoms with Gasteiger partial charge in [-0.3, -0.25) is 4.79 Å². The molecular formula is C9H13N3OS. The maximum absolute atomic E-state index is 11.2. The molecular weight excluding hydrogens is 198 g/mol. The zero-order valence-corrected chi connectivity index (χ0v) is 8.64. The summed E-state index contributed by atoms with van der Waals surface area (Å²) in [5, 5.41) is 7.58. The molecule has 0 saturated heterocycles. The van der Waals surface area contributed by atoms with E-state index < -0.39 is 0 Å². The molecule has 0 atom stereocenters. The Hall–Kier alpha value is -1.20. The molecule has 1 amide bonds. The highest BCUT2D eigenvalue weighted by atomic mass is 32.1. The van der Waals surface area contributed by atoms with Gasteiger partial charge in [-0.25, -0.2) is 4.98 Å². The van der Waals surface area contributed by atoms with Crippen molar-refractivity contribution in [2.24, 2.45) is 0 Å². The summed E-state index contributed by atoms with van der Waals surface area (Å²) >= 11 is 1.52. The molecule has 14 heavy (non-hydrogen) atoms. The predicted octanol–water partition coefficient (Wildman–Crippen LogP) is 0.535. The van der Waals surface area contributed by atoms with E-state index in [-0.39, 0.29) is 5.91 Å². The lowest BCUT2D eigenvalue weighted by molar-refractivity contribution is -0.120. The number of aromatic nitrogens is 1. The van der Waals surface area contributed by atoms with Crippen molar-refractivity contribution in [3.05, 3.63) is 29.2 Å². The van der Waals surface area contributed by atoms with Gasteiger partial charge in [0, 0.05) is 11.9 Å². The van der Waals surface area contributed by atoms with Gasteiger partial charge in [-0.05, 0) is 0 Å². The first-order valence-corrected chi connectivity index (χ1v) is 5.22. The fraction of sp³-hybridized carbons (Fsp3) is 0.333. The second-order valence-electron chi connectivity index (χ2n) is 2.68. The van der Waals surface area contributed by atoms with Crippen molar-refractivity contribution >= 4 is 17.2 Å². The third-order valence-electron chi connectivity index (χ3n) is 1.52. The monoisotopic (exact) mass is 211 g/mol. The van der Waals surface area contributed by atoms with E-state index in [9.17, 15) is 4.79 Å². The van der Waals surface area contributed by atoms with Crippen molar-refractivity contribution in [1.29, 1.82) is 0 Å². The largest absolute Gasteiger partial charge is 0.349 e. The van der Waals surface area contributed by atoms with Crippen LogP contribution in [0.4, 0.5) is 0 Å². The van der Waals surface area contributed by atoms with Gasteiger partial charge in [-0.1, -0.05) is 6.08 Å². The maximum atomic E-state index is 11.2. The summed E-state index contributed by atoms with van der Waals surface area (Å²) < 4.78 is 0. The van der Waals surface area contributed by atoms with Crippen LogP contribution in [0.15, 0.2) is 23.5 Å². The normalized spacial score (nSPS) is 9.71. The van der Waals surface area contributed by atoms with Crippen LogP contribution in [0.5, 0.6) is 0 Å². The fourth-order valence-corrected chi connectivity index (χ4v) is 1.42. The Morgan fingerprint density at radius 3 is 3.21 bits per heavy atom. The van der Waals surface area contributed by atoms with E-state index in [1.807, 2.05) is 5.38 Å². The number of thiazole rings is 1. The van der Waals surface area contributed by atoms with Crippen LogP contribution >= 0.6 is 11.3 Å². The Morgan fingerprint density at radius 1 is 1.71 bits per heavy atom. The molecule has 1 aromatic heterocycles. The van der Waals surface area contributed by atoms with Crippen LogP contribution in [0.25, 0.3) is 0 Å². The van der Waals surface area contributed by atoms with Crippen molar-refractivity contribution in [2.45, 2.75) is 6.54 Å². The van der Waals surface area contributed by atoms with Crippen molar-refractivity contribution < 1.29 is 4.79 Å². The molecule has 0 fully saturated rings. The molecule has 1 heterocycles. The van der Waals surface area contributed by atoms with Crippen molar-refractivity contribution in [3.63, 3.8) is 0 Å². The molecule has 0 aliphatic rings. The van der Waals surface area contributed by atoms with Crippen LogP contribution < -0.4 is 10.6 Å². The van der Waals surface area contributed by atoms with Gasteiger partial charge in [0.15, 0.2) is 0 Å². The third-order valence-corrected chi connectivity index (χ3v) is 2.16. The van der Waals surface area contributed by atoms with E-state index in [0.717, 1.165) is 5.69 Å². The van der Waals surface area contributed by atoms with Gasteiger partial charge in [0.05, 0.1) is 24.3 Å². The lowest BCUT2D eigenvalue weighted by Gasteiger charge is -2.03. The van der Waals surface area contributed by atoms with Crippen LogP contribution in [-0.4, -0.2) is 24.0 Å². The number of carbonyl (C=O) groups is 1. The number of hydrogen-bond donors (Lipinski definition) is 2. The Labute approximate surface area is 87.1 Å².